The number of carboxylic acid groups (broad SMARTS) is 1. The van der Waals surface area contributed by atoms with Crippen LogP contribution in [0.15, 0.2) is 0 Å². The molecule has 0 radical (unpaired) electrons. The molecule has 1 rings (SSSR count). The van der Waals surface area contributed by atoms with Crippen LogP contribution in [0.3, 0.4) is 0 Å². The number of nitrogens with zero attached hydrogens (tertiary/aromatic N) is 1. The number of aliphatic carboxylic acids is 1. The maximum Gasteiger partial charge on any atom is 0.317 e. The summed E-state index contributed by atoms with van der Waals surface area (Å²) in [5.41, 5.74) is 0. The number of amides is 1. The van der Waals surface area contributed by atoms with Gasteiger partial charge in [0.1, 0.15) is 0 Å². The average molecular weight is 295 g/mol. The van der Waals surface area contributed by atoms with Gasteiger partial charge in [-0.05, 0) is 11.8 Å². The summed E-state index contributed by atoms with van der Waals surface area (Å²) in [5.74, 6) is -0.389. The summed E-state index contributed by atoms with van der Waals surface area (Å²) in [5, 5.41) is 20.4. The van der Waals surface area contributed by atoms with E-state index in [0.29, 0.717) is 19.0 Å². The van der Waals surface area contributed by atoms with Crippen LogP contribution in [0.2, 0.25) is 0 Å². The van der Waals surface area contributed by atoms with E-state index in [2.05, 4.69) is 19.2 Å². The lowest BCUT2D eigenvalue weighted by atomic mass is 9.91. The molecule has 0 saturated carbocycles. The highest BCUT2D eigenvalue weighted by Gasteiger charge is 2.35. The Balaban J connectivity index is 0.00000324. The number of hydrogen-bond acceptors (Lipinski definition) is 4. The Morgan fingerprint density at radius 3 is 2.47 bits per heavy atom. The highest BCUT2D eigenvalue weighted by Crippen LogP contribution is 2.24. The number of aliphatic hydroxyl groups is 1. The molecular formula is C12H23ClN2O4. The molecule has 0 bridgehead atoms. The minimum atomic E-state index is -0.847. The largest absolute Gasteiger partial charge is 0.480 e. The average Bonchev–Trinajstić information content (AvgIpc) is 2.60. The van der Waals surface area contributed by atoms with Crippen molar-refractivity contribution >= 4 is 24.3 Å². The van der Waals surface area contributed by atoms with E-state index in [9.17, 15) is 9.59 Å². The number of rotatable bonds is 6. The molecule has 0 unspecified atom stereocenters. The molecule has 3 N–H and O–H groups in total. The van der Waals surface area contributed by atoms with Crippen LogP contribution < -0.4 is 5.32 Å². The maximum absolute atomic E-state index is 11.5. The Morgan fingerprint density at radius 2 is 2.00 bits per heavy atom. The third-order valence-corrected chi connectivity index (χ3v) is 3.34. The number of likely N-dealkylation sites (tertiary alicyclic amines) is 1. The predicted molar refractivity (Wildman–Crippen MR) is 73.3 cm³/mol. The van der Waals surface area contributed by atoms with Gasteiger partial charge in [-0.1, -0.05) is 13.8 Å². The Bertz CT molecular complexity index is 312. The summed E-state index contributed by atoms with van der Waals surface area (Å²) in [4.78, 5) is 24.0. The van der Waals surface area contributed by atoms with E-state index in [-0.39, 0.29) is 49.8 Å². The molecule has 6 nitrogen and oxygen atoms in total. The van der Waals surface area contributed by atoms with E-state index >= 15 is 0 Å². The van der Waals surface area contributed by atoms with Crippen molar-refractivity contribution < 1.29 is 19.8 Å². The second-order valence-electron chi connectivity index (χ2n) is 5.14. The van der Waals surface area contributed by atoms with Crippen LogP contribution >= 0.6 is 12.4 Å². The molecule has 2 atom stereocenters. The summed E-state index contributed by atoms with van der Waals surface area (Å²) in [6.07, 6.45) is 0.0975. The molecule has 1 aliphatic rings. The van der Waals surface area contributed by atoms with Crippen LogP contribution in [-0.2, 0) is 9.59 Å². The smallest absolute Gasteiger partial charge is 0.317 e. The summed E-state index contributed by atoms with van der Waals surface area (Å²) in [7, 11) is 0. The molecule has 19 heavy (non-hydrogen) atoms. The van der Waals surface area contributed by atoms with Crippen molar-refractivity contribution in [2.45, 2.75) is 26.3 Å². The lowest BCUT2D eigenvalue weighted by molar-refractivity contribution is -0.138. The van der Waals surface area contributed by atoms with E-state index < -0.39 is 5.97 Å². The van der Waals surface area contributed by atoms with Gasteiger partial charge in [0.25, 0.3) is 0 Å². The minimum Gasteiger partial charge on any atom is -0.480 e. The standard InChI is InChI=1S/C12H22N2O4.ClH/c1-8(2)9-5-14(7-12(17)18)6-10(9)13-11(16)3-4-15;/h8-10,15H,3-7H2,1-2H3,(H,13,16)(H,17,18);1H/t9-,10+;/m1./s1. The van der Waals surface area contributed by atoms with Gasteiger partial charge in [-0.2, -0.15) is 0 Å². The number of nitrogens with one attached hydrogen (secondary N) is 1. The number of halogens is 1. The second kappa shape index (κ2) is 8.35. The molecule has 0 aromatic heterocycles. The summed E-state index contributed by atoms with van der Waals surface area (Å²) in [6, 6.07) is -0.0246. The SMILES string of the molecule is CC(C)[C@H]1CN(CC(=O)O)C[C@@H]1NC(=O)CCO.Cl. The molecule has 0 spiro atoms. The molecule has 1 heterocycles. The van der Waals surface area contributed by atoms with Crippen LogP contribution in [0.25, 0.3) is 0 Å². The van der Waals surface area contributed by atoms with Crippen molar-refractivity contribution in [1.29, 1.82) is 0 Å². The van der Waals surface area contributed by atoms with E-state index in [1.54, 1.807) is 0 Å². The normalized spacial score (nSPS) is 23.2. The van der Waals surface area contributed by atoms with Gasteiger partial charge in [0.15, 0.2) is 0 Å². The molecule has 1 saturated heterocycles. The summed E-state index contributed by atoms with van der Waals surface area (Å²) in [6.45, 7) is 5.24. The Morgan fingerprint density at radius 1 is 1.37 bits per heavy atom. The Kier molecular flexibility index (Phi) is 7.97. The monoisotopic (exact) mass is 294 g/mol. The van der Waals surface area contributed by atoms with Gasteiger partial charge in [-0.25, -0.2) is 0 Å². The molecule has 1 aliphatic heterocycles. The number of hydrogen-bond donors (Lipinski definition) is 3. The van der Waals surface area contributed by atoms with Gasteiger partial charge < -0.3 is 15.5 Å². The topological polar surface area (TPSA) is 89.9 Å². The number of carbonyl (C=O) groups excluding carboxylic acids is 1. The van der Waals surface area contributed by atoms with Crippen LogP contribution in [-0.4, -0.2) is 59.3 Å². The second-order valence-corrected chi connectivity index (χ2v) is 5.14. The molecular weight excluding hydrogens is 272 g/mol. The maximum atomic E-state index is 11.5. The van der Waals surface area contributed by atoms with Crippen molar-refractivity contribution in [2.75, 3.05) is 26.2 Å². The molecule has 1 amide bonds. The Labute approximate surface area is 119 Å². The number of carboxylic acids is 1. The zero-order valence-corrected chi connectivity index (χ0v) is 12.2. The Hall–Kier alpha value is -0.850. The van der Waals surface area contributed by atoms with Crippen molar-refractivity contribution in [3.05, 3.63) is 0 Å². The third-order valence-electron chi connectivity index (χ3n) is 3.34. The van der Waals surface area contributed by atoms with Crippen LogP contribution in [0.1, 0.15) is 20.3 Å². The quantitative estimate of drug-likeness (QED) is 0.639. The fraction of sp³-hybridized carbons (Fsp3) is 0.833. The van der Waals surface area contributed by atoms with Gasteiger partial charge in [-0.15, -0.1) is 12.4 Å². The number of carbonyl (C=O) groups is 2. The van der Waals surface area contributed by atoms with Crippen LogP contribution in [0.5, 0.6) is 0 Å². The van der Waals surface area contributed by atoms with Crippen LogP contribution in [0, 0.1) is 11.8 Å². The number of aliphatic hydroxyl groups excluding tert-OH is 1. The van der Waals surface area contributed by atoms with Crippen molar-refractivity contribution in [3.63, 3.8) is 0 Å². The first-order chi connectivity index (χ1) is 8.43. The fourth-order valence-electron chi connectivity index (χ4n) is 2.44. The lowest BCUT2D eigenvalue weighted by Gasteiger charge is -2.22. The van der Waals surface area contributed by atoms with Crippen molar-refractivity contribution in [2.24, 2.45) is 11.8 Å². The molecule has 1 fully saturated rings. The van der Waals surface area contributed by atoms with E-state index in [0.717, 1.165) is 0 Å². The minimum absolute atomic E-state index is 0. The molecule has 0 aliphatic carbocycles. The van der Waals surface area contributed by atoms with E-state index in [1.165, 1.54) is 0 Å². The van der Waals surface area contributed by atoms with E-state index in [4.69, 9.17) is 10.2 Å². The van der Waals surface area contributed by atoms with Crippen molar-refractivity contribution in [1.82, 2.24) is 10.2 Å². The molecule has 0 aromatic carbocycles. The zero-order valence-electron chi connectivity index (χ0n) is 11.3. The van der Waals surface area contributed by atoms with Gasteiger partial charge in [0.2, 0.25) is 5.91 Å². The van der Waals surface area contributed by atoms with Gasteiger partial charge in [0.05, 0.1) is 13.2 Å². The highest BCUT2D eigenvalue weighted by atomic mass is 35.5. The van der Waals surface area contributed by atoms with Gasteiger partial charge in [-0.3, -0.25) is 14.5 Å². The van der Waals surface area contributed by atoms with E-state index in [1.807, 2.05) is 4.90 Å². The first kappa shape index (κ1) is 18.1. The predicted octanol–water partition coefficient (Wildman–Crippen LogP) is -0.0522. The highest BCUT2D eigenvalue weighted by molar-refractivity contribution is 5.85. The van der Waals surface area contributed by atoms with Gasteiger partial charge >= 0.3 is 5.97 Å². The van der Waals surface area contributed by atoms with Crippen molar-refractivity contribution in [3.8, 4) is 0 Å². The van der Waals surface area contributed by atoms with Crippen LogP contribution in [0.4, 0.5) is 0 Å². The molecule has 112 valence electrons. The molecule has 7 heteroatoms. The first-order valence-corrected chi connectivity index (χ1v) is 6.28. The lowest BCUT2D eigenvalue weighted by Crippen LogP contribution is -2.42. The first-order valence-electron chi connectivity index (χ1n) is 6.28. The third kappa shape index (κ3) is 5.76. The molecule has 0 aromatic rings. The fourth-order valence-corrected chi connectivity index (χ4v) is 2.44. The zero-order chi connectivity index (χ0) is 13.7. The van der Waals surface area contributed by atoms with Gasteiger partial charge in [0, 0.05) is 25.6 Å². The summed E-state index contributed by atoms with van der Waals surface area (Å²) >= 11 is 0. The summed E-state index contributed by atoms with van der Waals surface area (Å²) < 4.78 is 0.